The van der Waals surface area contributed by atoms with Crippen molar-refractivity contribution >= 4 is 34.9 Å². The van der Waals surface area contributed by atoms with E-state index in [2.05, 4.69) is 5.32 Å². The van der Waals surface area contributed by atoms with Crippen molar-refractivity contribution in [3.05, 3.63) is 53.1 Å². The molecular weight excluding hydrogens is 304 g/mol. The maximum Gasteiger partial charge on any atom is 0.333 e. The Hall–Kier alpha value is -2.53. The molecule has 6 heteroatoms. The number of fused-ring (bicyclic) bond motifs is 1. The van der Waals surface area contributed by atoms with E-state index in [0.717, 1.165) is 10.5 Å². The first-order valence-electron chi connectivity index (χ1n) is 6.65. The van der Waals surface area contributed by atoms with Crippen molar-refractivity contribution in [1.29, 1.82) is 0 Å². The van der Waals surface area contributed by atoms with E-state index in [1.54, 1.807) is 49.6 Å². The zero-order valence-electron chi connectivity index (χ0n) is 11.8. The van der Waals surface area contributed by atoms with E-state index < -0.39 is 6.03 Å². The number of amides is 3. The summed E-state index contributed by atoms with van der Waals surface area (Å²) >= 11 is 5.91. The lowest BCUT2D eigenvalue weighted by Gasteiger charge is -2.16. The van der Waals surface area contributed by atoms with Gasteiger partial charge in [-0.2, -0.15) is 0 Å². The summed E-state index contributed by atoms with van der Waals surface area (Å²) in [7, 11) is 1.57. The highest BCUT2D eigenvalue weighted by Crippen LogP contribution is 2.31. The van der Waals surface area contributed by atoms with Crippen LogP contribution in [0.15, 0.2) is 42.5 Å². The van der Waals surface area contributed by atoms with Crippen molar-refractivity contribution in [2.45, 2.75) is 6.42 Å². The highest BCUT2D eigenvalue weighted by molar-refractivity contribution is 6.31. The molecule has 0 saturated carbocycles. The molecular formula is C16H13ClN2O3. The Morgan fingerprint density at radius 3 is 2.64 bits per heavy atom. The predicted octanol–water partition coefficient (Wildman–Crippen LogP) is 3.47. The third-order valence-electron chi connectivity index (χ3n) is 3.42. The molecule has 3 rings (SSSR count). The van der Waals surface area contributed by atoms with Gasteiger partial charge in [0.1, 0.15) is 5.75 Å². The number of hydrogen-bond donors (Lipinski definition) is 1. The number of benzene rings is 2. The van der Waals surface area contributed by atoms with Gasteiger partial charge in [-0.1, -0.05) is 11.6 Å². The third-order valence-corrected chi connectivity index (χ3v) is 3.65. The smallest absolute Gasteiger partial charge is 0.333 e. The number of carbonyl (C=O) groups is 2. The summed E-state index contributed by atoms with van der Waals surface area (Å²) in [6, 6.07) is 11.4. The van der Waals surface area contributed by atoms with Gasteiger partial charge in [-0.3, -0.25) is 4.79 Å². The minimum Gasteiger partial charge on any atom is -0.497 e. The van der Waals surface area contributed by atoms with Crippen molar-refractivity contribution in [2.24, 2.45) is 0 Å². The topological polar surface area (TPSA) is 58.6 Å². The second-order valence-corrected chi connectivity index (χ2v) is 5.27. The molecule has 3 amide bonds. The first-order chi connectivity index (χ1) is 10.6. The van der Waals surface area contributed by atoms with Crippen LogP contribution in [0.2, 0.25) is 5.02 Å². The standard InChI is InChI=1S/C16H13ClN2O3/c1-22-13-5-3-12(4-6-13)18-16(21)19-14-7-2-11(17)8-10(14)9-15(19)20/h2-8H,9H2,1H3,(H,18,21). The number of imide groups is 1. The molecule has 0 atom stereocenters. The molecule has 0 unspecified atom stereocenters. The molecule has 2 aromatic carbocycles. The van der Waals surface area contributed by atoms with Gasteiger partial charge in [0, 0.05) is 10.7 Å². The number of urea groups is 1. The van der Waals surface area contributed by atoms with Gasteiger partial charge in [-0.25, -0.2) is 9.69 Å². The summed E-state index contributed by atoms with van der Waals surface area (Å²) in [6.45, 7) is 0. The van der Waals surface area contributed by atoms with Gasteiger partial charge in [0.25, 0.3) is 0 Å². The van der Waals surface area contributed by atoms with Gasteiger partial charge in [-0.15, -0.1) is 0 Å². The Morgan fingerprint density at radius 2 is 1.95 bits per heavy atom. The maximum atomic E-state index is 12.4. The van der Waals surface area contributed by atoms with Gasteiger partial charge >= 0.3 is 6.03 Å². The summed E-state index contributed by atoms with van der Waals surface area (Å²) in [5.74, 6) is 0.415. The van der Waals surface area contributed by atoms with Gasteiger partial charge in [0.05, 0.1) is 19.2 Å². The van der Waals surface area contributed by atoms with Gasteiger partial charge in [-0.05, 0) is 48.0 Å². The molecule has 2 aromatic rings. The Labute approximate surface area is 132 Å². The molecule has 1 N–H and O–H groups in total. The normalized spacial score (nSPS) is 13.0. The summed E-state index contributed by atoms with van der Waals surface area (Å²) in [5.41, 5.74) is 1.91. The Balaban J connectivity index is 1.82. The van der Waals surface area contributed by atoms with Crippen LogP contribution in [0.3, 0.4) is 0 Å². The number of nitrogens with one attached hydrogen (secondary N) is 1. The van der Waals surface area contributed by atoms with Crippen LogP contribution in [0.4, 0.5) is 16.2 Å². The van der Waals surface area contributed by atoms with Gasteiger partial charge < -0.3 is 10.1 Å². The van der Waals surface area contributed by atoms with E-state index in [1.165, 1.54) is 0 Å². The quantitative estimate of drug-likeness (QED) is 0.923. The van der Waals surface area contributed by atoms with E-state index in [4.69, 9.17) is 16.3 Å². The fourth-order valence-electron chi connectivity index (χ4n) is 2.37. The largest absolute Gasteiger partial charge is 0.497 e. The van der Waals surface area contributed by atoms with Crippen LogP contribution in [0, 0.1) is 0 Å². The molecule has 112 valence electrons. The first kappa shape index (κ1) is 14.4. The lowest BCUT2D eigenvalue weighted by molar-refractivity contribution is -0.116. The van der Waals surface area contributed by atoms with E-state index in [-0.39, 0.29) is 12.3 Å². The number of nitrogens with zero attached hydrogens (tertiary/aromatic N) is 1. The van der Waals surface area contributed by atoms with Crippen LogP contribution in [-0.4, -0.2) is 19.0 Å². The molecule has 0 saturated heterocycles. The molecule has 5 nitrogen and oxygen atoms in total. The Kier molecular flexibility index (Phi) is 3.73. The lowest BCUT2D eigenvalue weighted by Crippen LogP contribution is -2.37. The summed E-state index contributed by atoms with van der Waals surface area (Å²) in [5, 5.41) is 3.24. The number of ether oxygens (including phenoxy) is 1. The van der Waals surface area contributed by atoms with Crippen LogP contribution in [0.25, 0.3) is 0 Å². The molecule has 0 fully saturated rings. The van der Waals surface area contributed by atoms with Crippen LogP contribution >= 0.6 is 11.6 Å². The van der Waals surface area contributed by atoms with E-state index in [1.807, 2.05) is 0 Å². The number of hydrogen-bond acceptors (Lipinski definition) is 3. The van der Waals surface area contributed by atoms with Crippen LogP contribution in [-0.2, 0) is 11.2 Å². The van der Waals surface area contributed by atoms with Crippen molar-refractivity contribution in [1.82, 2.24) is 0 Å². The minimum atomic E-state index is -0.490. The fourth-order valence-corrected chi connectivity index (χ4v) is 2.56. The lowest BCUT2D eigenvalue weighted by atomic mass is 10.2. The fraction of sp³-hybridized carbons (Fsp3) is 0.125. The summed E-state index contributed by atoms with van der Waals surface area (Å²) in [6.07, 6.45) is 0.173. The molecule has 22 heavy (non-hydrogen) atoms. The van der Waals surface area contributed by atoms with E-state index in [0.29, 0.717) is 22.1 Å². The second kappa shape index (κ2) is 5.69. The molecule has 1 aliphatic rings. The van der Waals surface area contributed by atoms with E-state index >= 15 is 0 Å². The number of halogens is 1. The van der Waals surface area contributed by atoms with Gasteiger partial charge in [0.2, 0.25) is 5.91 Å². The van der Waals surface area contributed by atoms with Crippen molar-refractivity contribution in [2.75, 3.05) is 17.3 Å². The zero-order chi connectivity index (χ0) is 15.7. The van der Waals surface area contributed by atoms with Crippen LogP contribution in [0.1, 0.15) is 5.56 Å². The van der Waals surface area contributed by atoms with Gasteiger partial charge in [0.15, 0.2) is 0 Å². The molecule has 0 spiro atoms. The van der Waals surface area contributed by atoms with Crippen molar-refractivity contribution in [3.63, 3.8) is 0 Å². The molecule has 0 aromatic heterocycles. The molecule has 0 bridgehead atoms. The first-order valence-corrected chi connectivity index (χ1v) is 7.02. The monoisotopic (exact) mass is 316 g/mol. The summed E-state index contributed by atoms with van der Waals surface area (Å²) < 4.78 is 5.06. The number of anilines is 2. The van der Waals surface area contributed by atoms with E-state index in [9.17, 15) is 9.59 Å². The minimum absolute atomic E-state index is 0.173. The average molecular weight is 317 g/mol. The Bertz CT molecular complexity index is 744. The van der Waals surface area contributed by atoms with Crippen molar-refractivity contribution < 1.29 is 14.3 Å². The molecule has 0 aliphatic carbocycles. The molecule has 1 aliphatic heterocycles. The third kappa shape index (κ3) is 2.63. The second-order valence-electron chi connectivity index (χ2n) is 4.84. The summed E-state index contributed by atoms with van der Waals surface area (Å²) in [4.78, 5) is 25.6. The zero-order valence-corrected chi connectivity index (χ0v) is 12.6. The SMILES string of the molecule is COc1ccc(NC(=O)N2C(=O)Cc3cc(Cl)ccc32)cc1. The molecule has 1 heterocycles. The predicted molar refractivity (Wildman–Crippen MR) is 84.7 cm³/mol. The highest BCUT2D eigenvalue weighted by Gasteiger charge is 2.32. The van der Waals surface area contributed by atoms with Crippen LogP contribution < -0.4 is 15.0 Å². The number of carbonyl (C=O) groups excluding carboxylic acids is 2. The molecule has 0 radical (unpaired) electrons. The van der Waals surface area contributed by atoms with Crippen molar-refractivity contribution in [3.8, 4) is 5.75 Å². The highest BCUT2D eigenvalue weighted by atomic mass is 35.5. The van der Waals surface area contributed by atoms with Crippen LogP contribution in [0.5, 0.6) is 5.75 Å². The maximum absolute atomic E-state index is 12.4. The number of methoxy groups -OCH3 is 1. The number of rotatable bonds is 2. The Morgan fingerprint density at radius 1 is 1.23 bits per heavy atom. The average Bonchev–Trinajstić information content (AvgIpc) is 2.83.